The van der Waals surface area contributed by atoms with Crippen molar-refractivity contribution in [2.45, 2.75) is 6.92 Å². The van der Waals surface area contributed by atoms with E-state index in [9.17, 15) is 9.18 Å². The molecule has 0 fully saturated rings. The van der Waals surface area contributed by atoms with Crippen LogP contribution in [0.15, 0.2) is 54.7 Å². The van der Waals surface area contributed by atoms with Crippen molar-refractivity contribution in [2.24, 2.45) is 0 Å². The van der Waals surface area contributed by atoms with Gasteiger partial charge in [-0.2, -0.15) is 0 Å². The Morgan fingerprint density at radius 1 is 1.10 bits per heavy atom. The third kappa shape index (κ3) is 3.95. The van der Waals surface area contributed by atoms with Gasteiger partial charge in [-0.25, -0.2) is 9.18 Å². The van der Waals surface area contributed by atoms with E-state index in [1.807, 2.05) is 31.2 Å². The van der Waals surface area contributed by atoms with Crippen molar-refractivity contribution >= 4 is 17.8 Å². The third-order valence-corrected chi connectivity index (χ3v) is 2.75. The Bertz CT molecular complexity index is 621. The maximum absolute atomic E-state index is 12.7. The zero-order chi connectivity index (χ0) is 14.4. The second kappa shape index (κ2) is 6.52. The molecule has 2 N–H and O–H groups in total. The van der Waals surface area contributed by atoms with Crippen LogP contribution in [-0.2, 0) is 0 Å². The van der Waals surface area contributed by atoms with Gasteiger partial charge in [0.25, 0.3) is 0 Å². The molecule has 0 unspecified atom stereocenters. The molecule has 2 rings (SSSR count). The van der Waals surface area contributed by atoms with Crippen LogP contribution in [0.2, 0.25) is 0 Å². The van der Waals surface area contributed by atoms with Gasteiger partial charge in [-0.05, 0) is 42.3 Å². The van der Waals surface area contributed by atoms with E-state index < -0.39 is 0 Å². The molecular formula is C16H15FN2O. The van der Waals surface area contributed by atoms with E-state index in [1.54, 1.807) is 18.2 Å². The SMILES string of the molecule is Cc1ccccc1NC(=O)N/C=C/c1ccc(F)cc1. The molecule has 0 aromatic heterocycles. The minimum Gasteiger partial charge on any atom is -0.314 e. The Labute approximate surface area is 117 Å². The number of halogens is 1. The highest BCUT2D eigenvalue weighted by Crippen LogP contribution is 2.12. The number of hydrogen-bond donors (Lipinski definition) is 2. The smallest absolute Gasteiger partial charge is 0.314 e. The molecule has 0 aliphatic carbocycles. The first-order valence-corrected chi connectivity index (χ1v) is 6.20. The van der Waals surface area contributed by atoms with Crippen molar-refractivity contribution in [3.05, 3.63) is 71.7 Å². The molecule has 2 amide bonds. The predicted molar refractivity (Wildman–Crippen MR) is 78.8 cm³/mol. The van der Waals surface area contributed by atoms with Crippen LogP contribution in [0.5, 0.6) is 0 Å². The number of carbonyl (C=O) groups is 1. The summed E-state index contributed by atoms with van der Waals surface area (Å²) >= 11 is 0. The summed E-state index contributed by atoms with van der Waals surface area (Å²) in [6.45, 7) is 1.92. The molecule has 3 nitrogen and oxygen atoms in total. The van der Waals surface area contributed by atoms with Crippen LogP contribution in [0.25, 0.3) is 6.08 Å². The highest BCUT2D eigenvalue weighted by Gasteiger charge is 2.00. The van der Waals surface area contributed by atoms with Crippen molar-refractivity contribution in [3.8, 4) is 0 Å². The number of benzene rings is 2. The van der Waals surface area contributed by atoms with Gasteiger partial charge in [0.1, 0.15) is 5.82 Å². The molecule has 0 spiro atoms. The highest BCUT2D eigenvalue weighted by atomic mass is 19.1. The topological polar surface area (TPSA) is 41.1 Å². The largest absolute Gasteiger partial charge is 0.323 e. The monoisotopic (exact) mass is 270 g/mol. The van der Waals surface area contributed by atoms with E-state index in [0.717, 1.165) is 16.8 Å². The fourth-order valence-electron chi connectivity index (χ4n) is 1.66. The van der Waals surface area contributed by atoms with E-state index >= 15 is 0 Å². The molecule has 0 radical (unpaired) electrons. The van der Waals surface area contributed by atoms with Gasteiger partial charge in [0.15, 0.2) is 0 Å². The molecule has 102 valence electrons. The number of rotatable bonds is 3. The summed E-state index contributed by atoms with van der Waals surface area (Å²) in [5, 5.41) is 5.34. The van der Waals surface area contributed by atoms with Gasteiger partial charge in [-0.1, -0.05) is 30.3 Å². The molecule has 2 aromatic carbocycles. The van der Waals surface area contributed by atoms with Crippen LogP contribution in [0.1, 0.15) is 11.1 Å². The number of anilines is 1. The lowest BCUT2D eigenvalue weighted by Crippen LogP contribution is -2.24. The van der Waals surface area contributed by atoms with Crippen LogP contribution in [0.3, 0.4) is 0 Å². The van der Waals surface area contributed by atoms with Gasteiger partial charge in [-0.15, -0.1) is 0 Å². The first-order valence-electron chi connectivity index (χ1n) is 6.20. The molecule has 0 bridgehead atoms. The van der Waals surface area contributed by atoms with Gasteiger partial charge in [0, 0.05) is 11.9 Å². The second-order valence-corrected chi connectivity index (χ2v) is 4.30. The fraction of sp³-hybridized carbons (Fsp3) is 0.0625. The van der Waals surface area contributed by atoms with Crippen molar-refractivity contribution in [2.75, 3.05) is 5.32 Å². The number of aryl methyl sites for hydroxylation is 1. The van der Waals surface area contributed by atoms with Crippen molar-refractivity contribution in [1.29, 1.82) is 0 Å². The Morgan fingerprint density at radius 2 is 1.80 bits per heavy atom. The first-order chi connectivity index (χ1) is 9.65. The normalized spacial score (nSPS) is 10.5. The molecule has 0 heterocycles. The number of nitrogens with one attached hydrogen (secondary N) is 2. The zero-order valence-corrected chi connectivity index (χ0v) is 11.1. The maximum atomic E-state index is 12.7. The lowest BCUT2D eigenvalue weighted by atomic mass is 10.2. The summed E-state index contributed by atoms with van der Waals surface area (Å²) in [5.74, 6) is -0.285. The van der Waals surface area contributed by atoms with Gasteiger partial charge < -0.3 is 10.6 Å². The average molecular weight is 270 g/mol. The fourth-order valence-corrected chi connectivity index (χ4v) is 1.66. The highest BCUT2D eigenvalue weighted by molar-refractivity contribution is 5.91. The molecule has 20 heavy (non-hydrogen) atoms. The molecule has 4 heteroatoms. The summed E-state index contributed by atoms with van der Waals surface area (Å²) in [5.41, 5.74) is 2.56. The number of para-hydroxylation sites is 1. The van der Waals surface area contributed by atoms with Crippen LogP contribution in [0.4, 0.5) is 14.9 Å². The van der Waals surface area contributed by atoms with Gasteiger partial charge in [0.05, 0.1) is 0 Å². The molecule has 2 aromatic rings. The first kappa shape index (κ1) is 13.8. The maximum Gasteiger partial charge on any atom is 0.323 e. The number of urea groups is 1. The van der Waals surface area contributed by atoms with Crippen molar-refractivity contribution in [1.82, 2.24) is 5.32 Å². The predicted octanol–water partition coefficient (Wildman–Crippen LogP) is 3.93. The quantitative estimate of drug-likeness (QED) is 0.871. The van der Waals surface area contributed by atoms with E-state index in [2.05, 4.69) is 10.6 Å². The van der Waals surface area contributed by atoms with E-state index in [4.69, 9.17) is 0 Å². The van der Waals surface area contributed by atoms with Crippen LogP contribution < -0.4 is 10.6 Å². The molecule has 0 atom stereocenters. The van der Waals surface area contributed by atoms with E-state index in [-0.39, 0.29) is 11.8 Å². The van der Waals surface area contributed by atoms with Gasteiger partial charge in [-0.3, -0.25) is 0 Å². The summed E-state index contributed by atoms with van der Waals surface area (Å²) < 4.78 is 12.7. The van der Waals surface area contributed by atoms with Gasteiger partial charge >= 0.3 is 6.03 Å². The lowest BCUT2D eigenvalue weighted by Gasteiger charge is -2.07. The van der Waals surface area contributed by atoms with E-state index in [0.29, 0.717) is 0 Å². The standard InChI is InChI=1S/C16H15FN2O/c1-12-4-2-3-5-15(12)19-16(20)18-11-10-13-6-8-14(17)9-7-13/h2-11H,1H3,(H2,18,19,20)/b11-10+. The number of carbonyl (C=O) groups excluding carboxylic acids is 1. The summed E-state index contributed by atoms with van der Waals surface area (Å²) in [6.07, 6.45) is 3.21. The van der Waals surface area contributed by atoms with Crippen molar-refractivity contribution in [3.63, 3.8) is 0 Å². The zero-order valence-electron chi connectivity index (χ0n) is 11.1. The Morgan fingerprint density at radius 3 is 2.50 bits per heavy atom. The minimum atomic E-state index is -0.322. The van der Waals surface area contributed by atoms with Crippen LogP contribution in [-0.4, -0.2) is 6.03 Å². The molecule has 0 saturated heterocycles. The Hall–Kier alpha value is -2.62. The molecular weight excluding hydrogens is 255 g/mol. The summed E-state index contributed by atoms with van der Waals surface area (Å²) in [4.78, 5) is 11.7. The van der Waals surface area contributed by atoms with Crippen LogP contribution in [0, 0.1) is 12.7 Å². The Balaban J connectivity index is 1.89. The van der Waals surface area contributed by atoms with E-state index in [1.165, 1.54) is 18.3 Å². The molecule has 0 aliphatic heterocycles. The minimum absolute atomic E-state index is 0.285. The number of amides is 2. The van der Waals surface area contributed by atoms with Gasteiger partial charge in [0.2, 0.25) is 0 Å². The lowest BCUT2D eigenvalue weighted by molar-refractivity contribution is 0.255. The second-order valence-electron chi connectivity index (χ2n) is 4.30. The molecule has 0 aliphatic rings. The Kier molecular flexibility index (Phi) is 4.50. The summed E-state index contributed by atoms with van der Waals surface area (Å²) in [7, 11) is 0. The molecule has 0 saturated carbocycles. The summed E-state index contributed by atoms with van der Waals surface area (Å²) in [6, 6.07) is 13.2. The van der Waals surface area contributed by atoms with Crippen LogP contribution >= 0.6 is 0 Å². The number of hydrogen-bond acceptors (Lipinski definition) is 1. The third-order valence-electron chi connectivity index (χ3n) is 2.75. The van der Waals surface area contributed by atoms with Crippen molar-refractivity contribution < 1.29 is 9.18 Å². The average Bonchev–Trinajstić information content (AvgIpc) is 2.44.